The van der Waals surface area contributed by atoms with Crippen LogP contribution in [0.2, 0.25) is 0 Å². The number of hydrogen-bond acceptors (Lipinski definition) is 2. The Morgan fingerprint density at radius 3 is 2.87 bits per heavy atom. The van der Waals surface area contributed by atoms with Crippen LogP contribution in [0.5, 0.6) is 0 Å². The molecule has 4 nitrogen and oxygen atoms in total. The molecule has 2 rings (SSSR count). The van der Waals surface area contributed by atoms with Crippen molar-refractivity contribution in [2.45, 2.75) is 52.4 Å². The maximum atomic E-state index is 12.3. The van der Waals surface area contributed by atoms with Crippen LogP contribution in [0.3, 0.4) is 0 Å². The van der Waals surface area contributed by atoms with Gasteiger partial charge in [0.15, 0.2) is 0 Å². The van der Waals surface area contributed by atoms with Crippen LogP contribution in [0.1, 0.15) is 51.5 Å². The minimum atomic E-state index is 0.102. The third kappa shape index (κ3) is 5.08. The summed E-state index contributed by atoms with van der Waals surface area (Å²) in [5.74, 6) is 0.691. The standard InChI is InChI=1S/C19H28N2O2/c1-3-7-15(2)14-18(22)20-12-6-10-19(23)21-13-11-16-8-4-5-9-17(16)21/h4-5,8-9,15H,3,6-7,10-14H2,1-2H3,(H,20,22). The van der Waals surface area contributed by atoms with Gasteiger partial charge in [-0.3, -0.25) is 9.59 Å². The molecule has 1 atom stereocenters. The van der Waals surface area contributed by atoms with Crippen molar-refractivity contribution in [1.29, 1.82) is 0 Å². The van der Waals surface area contributed by atoms with E-state index in [1.54, 1.807) is 0 Å². The average molecular weight is 316 g/mol. The van der Waals surface area contributed by atoms with Crippen molar-refractivity contribution >= 4 is 17.5 Å². The Bertz CT molecular complexity index is 542. The lowest BCUT2D eigenvalue weighted by molar-refractivity contribution is -0.122. The van der Waals surface area contributed by atoms with E-state index in [1.165, 1.54) is 5.56 Å². The number of hydrogen-bond donors (Lipinski definition) is 1. The Morgan fingerprint density at radius 1 is 1.30 bits per heavy atom. The molecule has 1 aliphatic rings. The number of amides is 2. The largest absolute Gasteiger partial charge is 0.356 e. The molecule has 0 aliphatic carbocycles. The number of para-hydroxylation sites is 1. The minimum absolute atomic E-state index is 0.102. The van der Waals surface area contributed by atoms with Gasteiger partial charge in [0.25, 0.3) is 0 Å². The average Bonchev–Trinajstić information content (AvgIpc) is 2.95. The summed E-state index contributed by atoms with van der Waals surface area (Å²) in [5, 5.41) is 2.93. The normalized spacial score (nSPS) is 14.4. The topological polar surface area (TPSA) is 49.4 Å². The maximum Gasteiger partial charge on any atom is 0.227 e. The fraction of sp³-hybridized carbons (Fsp3) is 0.579. The summed E-state index contributed by atoms with van der Waals surface area (Å²) in [6.45, 7) is 5.60. The number of carbonyl (C=O) groups is 2. The van der Waals surface area contributed by atoms with Crippen LogP contribution in [0, 0.1) is 5.92 Å². The highest BCUT2D eigenvalue weighted by Crippen LogP contribution is 2.27. The van der Waals surface area contributed by atoms with E-state index in [2.05, 4.69) is 25.2 Å². The van der Waals surface area contributed by atoms with Gasteiger partial charge in [-0.05, 0) is 30.4 Å². The molecule has 0 spiro atoms. The van der Waals surface area contributed by atoms with Gasteiger partial charge in [-0.15, -0.1) is 0 Å². The van der Waals surface area contributed by atoms with Crippen LogP contribution >= 0.6 is 0 Å². The molecule has 1 heterocycles. The first-order valence-electron chi connectivity index (χ1n) is 8.76. The SMILES string of the molecule is CCCC(C)CC(=O)NCCCC(=O)N1CCc2ccccc21. The summed E-state index contributed by atoms with van der Waals surface area (Å²) < 4.78 is 0. The minimum Gasteiger partial charge on any atom is -0.356 e. The van der Waals surface area contributed by atoms with E-state index in [9.17, 15) is 9.59 Å². The second kappa shape index (κ2) is 8.70. The molecule has 126 valence electrons. The van der Waals surface area contributed by atoms with E-state index in [0.717, 1.165) is 31.5 Å². The summed E-state index contributed by atoms with van der Waals surface area (Å²) >= 11 is 0. The lowest BCUT2D eigenvalue weighted by Gasteiger charge is -2.17. The summed E-state index contributed by atoms with van der Waals surface area (Å²) in [7, 11) is 0. The third-order valence-corrected chi connectivity index (χ3v) is 4.39. The molecule has 23 heavy (non-hydrogen) atoms. The van der Waals surface area contributed by atoms with Crippen molar-refractivity contribution in [3.8, 4) is 0 Å². The maximum absolute atomic E-state index is 12.3. The zero-order chi connectivity index (χ0) is 16.7. The van der Waals surface area contributed by atoms with Crippen molar-refractivity contribution < 1.29 is 9.59 Å². The van der Waals surface area contributed by atoms with Crippen LogP contribution < -0.4 is 10.2 Å². The number of rotatable bonds is 8. The molecule has 2 amide bonds. The molecule has 0 bridgehead atoms. The first kappa shape index (κ1) is 17.5. The van der Waals surface area contributed by atoms with Gasteiger partial charge in [-0.2, -0.15) is 0 Å². The predicted octanol–water partition coefficient (Wildman–Crippen LogP) is 3.30. The zero-order valence-corrected chi connectivity index (χ0v) is 14.3. The smallest absolute Gasteiger partial charge is 0.227 e. The molecule has 1 N–H and O–H groups in total. The summed E-state index contributed by atoms with van der Waals surface area (Å²) in [6, 6.07) is 8.08. The summed E-state index contributed by atoms with van der Waals surface area (Å²) in [5.41, 5.74) is 2.30. The highest BCUT2D eigenvalue weighted by Gasteiger charge is 2.23. The van der Waals surface area contributed by atoms with Crippen molar-refractivity contribution in [2.24, 2.45) is 5.92 Å². The fourth-order valence-corrected chi connectivity index (χ4v) is 3.18. The fourth-order valence-electron chi connectivity index (χ4n) is 3.18. The lowest BCUT2D eigenvalue weighted by Crippen LogP contribution is -2.30. The van der Waals surface area contributed by atoms with Crippen LogP contribution in [0.15, 0.2) is 24.3 Å². The van der Waals surface area contributed by atoms with Gasteiger partial charge in [0.2, 0.25) is 11.8 Å². The van der Waals surface area contributed by atoms with Gasteiger partial charge in [-0.25, -0.2) is 0 Å². The molecule has 0 fully saturated rings. The predicted molar refractivity (Wildman–Crippen MR) is 93.4 cm³/mol. The molecule has 1 unspecified atom stereocenters. The Hall–Kier alpha value is -1.84. The zero-order valence-electron chi connectivity index (χ0n) is 14.3. The molecular formula is C19H28N2O2. The van der Waals surface area contributed by atoms with Gasteiger partial charge < -0.3 is 10.2 Å². The van der Waals surface area contributed by atoms with Crippen molar-refractivity contribution in [3.63, 3.8) is 0 Å². The number of carbonyl (C=O) groups excluding carboxylic acids is 2. The molecule has 4 heteroatoms. The summed E-state index contributed by atoms with van der Waals surface area (Å²) in [6.07, 6.45) is 4.90. The third-order valence-electron chi connectivity index (χ3n) is 4.39. The molecule has 0 saturated carbocycles. The molecule has 1 aromatic rings. The highest BCUT2D eigenvalue weighted by atomic mass is 16.2. The van der Waals surface area contributed by atoms with Gasteiger partial charge in [-0.1, -0.05) is 44.9 Å². The number of nitrogens with zero attached hydrogens (tertiary/aromatic N) is 1. The van der Waals surface area contributed by atoms with Crippen molar-refractivity contribution in [2.75, 3.05) is 18.0 Å². The molecular weight excluding hydrogens is 288 g/mol. The number of nitrogens with one attached hydrogen (secondary N) is 1. The van der Waals surface area contributed by atoms with Gasteiger partial charge in [0.05, 0.1) is 0 Å². The van der Waals surface area contributed by atoms with E-state index < -0.39 is 0 Å². The summed E-state index contributed by atoms with van der Waals surface area (Å²) in [4.78, 5) is 26.0. The van der Waals surface area contributed by atoms with E-state index in [-0.39, 0.29) is 11.8 Å². The Balaban J connectivity index is 1.67. The highest BCUT2D eigenvalue weighted by molar-refractivity contribution is 5.95. The van der Waals surface area contributed by atoms with E-state index in [4.69, 9.17) is 0 Å². The Morgan fingerprint density at radius 2 is 2.09 bits per heavy atom. The van der Waals surface area contributed by atoms with E-state index in [0.29, 0.717) is 31.7 Å². The molecule has 0 aromatic heterocycles. The van der Waals surface area contributed by atoms with E-state index in [1.807, 2.05) is 23.1 Å². The Kier molecular flexibility index (Phi) is 6.63. The van der Waals surface area contributed by atoms with E-state index >= 15 is 0 Å². The van der Waals surface area contributed by atoms with Gasteiger partial charge >= 0.3 is 0 Å². The van der Waals surface area contributed by atoms with Crippen LogP contribution in [-0.2, 0) is 16.0 Å². The van der Waals surface area contributed by atoms with Gasteiger partial charge in [0, 0.05) is 31.6 Å². The van der Waals surface area contributed by atoms with Crippen molar-refractivity contribution in [3.05, 3.63) is 29.8 Å². The molecule has 1 aromatic carbocycles. The number of benzene rings is 1. The Labute approximate surface area is 139 Å². The molecule has 0 saturated heterocycles. The van der Waals surface area contributed by atoms with Crippen LogP contribution in [0.25, 0.3) is 0 Å². The quantitative estimate of drug-likeness (QED) is 0.748. The molecule has 1 aliphatic heterocycles. The van der Waals surface area contributed by atoms with Crippen LogP contribution in [-0.4, -0.2) is 24.9 Å². The number of anilines is 1. The van der Waals surface area contributed by atoms with Crippen LogP contribution in [0.4, 0.5) is 5.69 Å². The first-order valence-corrected chi connectivity index (χ1v) is 8.76. The second-order valence-corrected chi connectivity index (χ2v) is 6.48. The second-order valence-electron chi connectivity index (χ2n) is 6.48. The lowest BCUT2D eigenvalue weighted by atomic mass is 10.0. The monoisotopic (exact) mass is 316 g/mol. The van der Waals surface area contributed by atoms with Crippen molar-refractivity contribution in [1.82, 2.24) is 5.32 Å². The number of fused-ring (bicyclic) bond motifs is 1. The van der Waals surface area contributed by atoms with Gasteiger partial charge in [0.1, 0.15) is 0 Å². The molecule has 0 radical (unpaired) electrons. The first-order chi connectivity index (χ1) is 11.1.